The van der Waals surface area contributed by atoms with E-state index in [9.17, 15) is 34.2 Å². The molecule has 1 rings (SSSR count). The lowest BCUT2D eigenvalue weighted by molar-refractivity contribution is -0.157. The van der Waals surface area contributed by atoms with Crippen LogP contribution in [0.5, 0.6) is 0 Å². The van der Waals surface area contributed by atoms with Crippen LogP contribution in [0.15, 0.2) is 24.3 Å². The number of nitrogens with zero attached hydrogens (tertiary/aromatic N) is 1. The fourth-order valence-electron chi connectivity index (χ4n) is 3.45. The molecule has 212 valence electrons. The number of nitrogens with one attached hydrogen (secondary N) is 1. The van der Waals surface area contributed by atoms with E-state index in [4.69, 9.17) is 9.84 Å². The molecule has 0 aliphatic carbocycles. The van der Waals surface area contributed by atoms with Crippen LogP contribution < -0.4 is 5.32 Å². The molecule has 1 atom stereocenters. The van der Waals surface area contributed by atoms with Gasteiger partial charge >= 0.3 is 17.9 Å². The van der Waals surface area contributed by atoms with Gasteiger partial charge in [-0.25, -0.2) is 4.79 Å². The maximum absolute atomic E-state index is 12.5. The summed E-state index contributed by atoms with van der Waals surface area (Å²) in [7, 11) is 0. The van der Waals surface area contributed by atoms with Crippen LogP contribution in [0.1, 0.15) is 86.4 Å². The lowest BCUT2D eigenvalue weighted by atomic mass is 9.91. The summed E-state index contributed by atoms with van der Waals surface area (Å²) >= 11 is 0. The van der Waals surface area contributed by atoms with Crippen LogP contribution in [0.4, 0.5) is 0 Å². The molecule has 11 nitrogen and oxygen atoms in total. The standard InChI is InChI=1S/C27H40N2O9/c1-4-27(2,3)26(37)38-18-19(30)17-29(22(31)13-14-23(32)33)16-10-6-5-9-15-28-24(34)20-11-7-8-12-21(20)25(35)36/h7-8,11-12,19,30H,4-6,9-10,13-18H2,1-3H3,(H,28,34)(H,32,33)(H,35,36). The first-order valence-electron chi connectivity index (χ1n) is 12.8. The third-order valence-corrected chi connectivity index (χ3v) is 6.22. The Hall–Kier alpha value is -3.47. The van der Waals surface area contributed by atoms with Crippen molar-refractivity contribution in [1.82, 2.24) is 10.2 Å². The van der Waals surface area contributed by atoms with E-state index >= 15 is 0 Å². The summed E-state index contributed by atoms with van der Waals surface area (Å²) < 4.78 is 5.19. The van der Waals surface area contributed by atoms with E-state index in [1.165, 1.54) is 17.0 Å². The van der Waals surface area contributed by atoms with Gasteiger partial charge in [-0.1, -0.05) is 31.9 Å². The Kier molecular flexibility index (Phi) is 14.0. The maximum Gasteiger partial charge on any atom is 0.336 e. The Labute approximate surface area is 223 Å². The van der Waals surface area contributed by atoms with Gasteiger partial charge in [0.05, 0.1) is 23.0 Å². The van der Waals surface area contributed by atoms with Crippen LogP contribution >= 0.6 is 0 Å². The van der Waals surface area contributed by atoms with Crippen LogP contribution in [-0.4, -0.2) is 82.3 Å². The molecule has 0 fully saturated rings. The Balaban J connectivity index is 2.49. The normalized spacial score (nSPS) is 11.9. The van der Waals surface area contributed by atoms with Crippen molar-refractivity contribution < 1.29 is 44.0 Å². The second kappa shape index (κ2) is 16.4. The minimum Gasteiger partial charge on any atom is -0.481 e. The molecule has 0 heterocycles. The number of carbonyl (C=O) groups is 5. The summed E-state index contributed by atoms with van der Waals surface area (Å²) in [6.07, 6.45) is 1.60. The molecule has 0 saturated carbocycles. The van der Waals surface area contributed by atoms with Gasteiger partial charge in [0.15, 0.2) is 0 Å². The Morgan fingerprint density at radius 1 is 0.974 bits per heavy atom. The Bertz CT molecular complexity index is 962. The van der Waals surface area contributed by atoms with Gasteiger partial charge in [-0.15, -0.1) is 0 Å². The number of hydrogen-bond donors (Lipinski definition) is 4. The third kappa shape index (κ3) is 11.7. The quantitative estimate of drug-likeness (QED) is 0.163. The average Bonchev–Trinajstić information content (AvgIpc) is 2.88. The molecule has 1 unspecified atom stereocenters. The number of aliphatic carboxylic acids is 1. The summed E-state index contributed by atoms with van der Waals surface area (Å²) in [5.41, 5.74) is -0.655. The number of esters is 1. The zero-order valence-electron chi connectivity index (χ0n) is 22.4. The van der Waals surface area contributed by atoms with E-state index in [1.54, 1.807) is 26.0 Å². The minimum atomic E-state index is -1.17. The van der Waals surface area contributed by atoms with E-state index in [1.807, 2.05) is 6.92 Å². The van der Waals surface area contributed by atoms with Crippen LogP contribution in [0.2, 0.25) is 0 Å². The molecule has 0 aromatic heterocycles. The van der Waals surface area contributed by atoms with Crippen molar-refractivity contribution >= 4 is 29.7 Å². The third-order valence-electron chi connectivity index (χ3n) is 6.22. The van der Waals surface area contributed by atoms with Gasteiger partial charge in [-0.05, 0) is 45.2 Å². The fourth-order valence-corrected chi connectivity index (χ4v) is 3.45. The Morgan fingerprint density at radius 3 is 2.21 bits per heavy atom. The second-order valence-electron chi connectivity index (χ2n) is 9.74. The van der Waals surface area contributed by atoms with Gasteiger partial charge in [-0.2, -0.15) is 0 Å². The largest absolute Gasteiger partial charge is 0.481 e. The highest BCUT2D eigenvalue weighted by atomic mass is 16.5. The SMILES string of the molecule is CCC(C)(C)C(=O)OCC(O)CN(CCCCCCNC(=O)c1ccccc1C(=O)O)C(=O)CCC(=O)O. The number of aliphatic hydroxyl groups is 1. The first-order valence-corrected chi connectivity index (χ1v) is 12.8. The van der Waals surface area contributed by atoms with Crippen LogP contribution in [0.25, 0.3) is 0 Å². The smallest absolute Gasteiger partial charge is 0.336 e. The lowest BCUT2D eigenvalue weighted by Gasteiger charge is -2.26. The van der Waals surface area contributed by atoms with Crippen molar-refractivity contribution in [3.05, 3.63) is 35.4 Å². The van der Waals surface area contributed by atoms with E-state index in [2.05, 4.69) is 5.32 Å². The number of benzene rings is 1. The predicted molar refractivity (Wildman–Crippen MR) is 139 cm³/mol. The van der Waals surface area contributed by atoms with Crippen LogP contribution in [0.3, 0.4) is 0 Å². The van der Waals surface area contributed by atoms with Crippen molar-refractivity contribution in [2.75, 3.05) is 26.2 Å². The number of carboxylic acids is 2. The maximum atomic E-state index is 12.5. The zero-order chi connectivity index (χ0) is 28.7. The fraction of sp³-hybridized carbons (Fsp3) is 0.593. The molecular weight excluding hydrogens is 496 g/mol. The van der Waals surface area contributed by atoms with Gasteiger partial charge in [0, 0.05) is 26.1 Å². The number of unbranched alkanes of at least 4 members (excludes halogenated alkanes) is 3. The lowest BCUT2D eigenvalue weighted by Crippen LogP contribution is -2.41. The molecule has 0 radical (unpaired) electrons. The molecule has 4 N–H and O–H groups in total. The van der Waals surface area contributed by atoms with Gasteiger partial charge < -0.3 is 30.3 Å². The molecule has 38 heavy (non-hydrogen) atoms. The topological polar surface area (TPSA) is 171 Å². The van der Waals surface area contributed by atoms with Crippen molar-refractivity contribution in [3.63, 3.8) is 0 Å². The monoisotopic (exact) mass is 536 g/mol. The molecule has 1 aromatic carbocycles. The molecular formula is C27H40N2O9. The molecule has 11 heteroatoms. The number of carbonyl (C=O) groups excluding carboxylic acids is 3. The molecule has 0 saturated heterocycles. The van der Waals surface area contributed by atoms with E-state index in [0.29, 0.717) is 38.8 Å². The number of aliphatic hydroxyl groups excluding tert-OH is 1. The van der Waals surface area contributed by atoms with Gasteiger partial charge in [-0.3, -0.25) is 19.2 Å². The van der Waals surface area contributed by atoms with E-state index in [-0.39, 0.29) is 37.1 Å². The van der Waals surface area contributed by atoms with Crippen molar-refractivity contribution in [2.45, 2.75) is 71.8 Å². The highest BCUT2D eigenvalue weighted by Crippen LogP contribution is 2.21. The number of ether oxygens (including phenoxy) is 1. The van der Waals surface area contributed by atoms with Crippen LogP contribution in [-0.2, 0) is 19.1 Å². The number of hydrogen-bond acceptors (Lipinski definition) is 7. The highest BCUT2D eigenvalue weighted by Gasteiger charge is 2.28. The molecule has 0 bridgehead atoms. The zero-order valence-corrected chi connectivity index (χ0v) is 22.4. The Morgan fingerprint density at radius 2 is 1.61 bits per heavy atom. The summed E-state index contributed by atoms with van der Waals surface area (Å²) in [6, 6.07) is 5.97. The summed E-state index contributed by atoms with van der Waals surface area (Å²) in [5.74, 6) is -3.58. The number of rotatable bonds is 18. The first kappa shape index (κ1) is 32.6. The van der Waals surface area contributed by atoms with E-state index in [0.717, 1.165) is 6.42 Å². The van der Waals surface area contributed by atoms with Crippen molar-refractivity contribution in [1.29, 1.82) is 0 Å². The summed E-state index contributed by atoms with van der Waals surface area (Å²) in [6.45, 7) is 5.63. The average molecular weight is 537 g/mol. The van der Waals surface area contributed by atoms with Gasteiger partial charge in [0.25, 0.3) is 5.91 Å². The second-order valence-corrected chi connectivity index (χ2v) is 9.74. The minimum absolute atomic E-state index is 0.0660. The van der Waals surface area contributed by atoms with Crippen molar-refractivity contribution in [3.8, 4) is 0 Å². The summed E-state index contributed by atoms with van der Waals surface area (Å²) in [5, 5.41) is 31.1. The van der Waals surface area contributed by atoms with Gasteiger partial charge in [0.1, 0.15) is 12.7 Å². The molecule has 2 amide bonds. The van der Waals surface area contributed by atoms with Crippen LogP contribution in [0, 0.1) is 5.41 Å². The molecule has 1 aromatic rings. The van der Waals surface area contributed by atoms with Gasteiger partial charge in [0.2, 0.25) is 5.91 Å². The first-order chi connectivity index (χ1) is 17.9. The predicted octanol–water partition coefficient (Wildman–Crippen LogP) is 2.71. The molecule has 0 spiro atoms. The van der Waals surface area contributed by atoms with E-state index < -0.39 is 41.2 Å². The highest BCUT2D eigenvalue weighted by molar-refractivity contribution is 6.04. The number of amides is 2. The summed E-state index contributed by atoms with van der Waals surface area (Å²) in [4.78, 5) is 60.5. The number of aromatic carboxylic acids is 1. The molecule has 0 aliphatic rings. The molecule has 0 aliphatic heterocycles. The number of carboxylic acid groups (broad SMARTS) is 2. The van der Waals surface area contributed by atoms with Crippen molar-refractivity contribution in [2.24, 2.45) is 5.41 Å².